The summed E-state index contributed by atoms with van der Waals surface area (Å²) < 4.78 is 5.63. The third-order valence-corrected chi connectivity index (χ3v) is 8.13. The van der Waals surface area contributed by atoms with E-state index >= 15 is 0 Å². The number of aromatic nitrogens is 1. The fourth-order valence-corrected chi connectivity index (χ4v) is 6.43. The molecule has 3 aliphatic carbocycles. The molecule has 1 heterocycles. The summed E-state index contributed by atoms with van der Waals surface area (Å²) >= 11 is 0. The summed E-state index contributed by atoms with van der Waals surface area (Å²) in [5.74, 6) is 2.05. The van der Waals surface area contributed by atoms with E-state index in [-0.39, 0.29) is 11.5 Å². The van der Waals surface area contributed by atoms with E-state index in [0.29, 0.717) is 35.6 Å². The van der Waals surface area contributed by atoms with Gasteiger partial charge in [-0.1, -0.05) is 13.0 Å². The minimum Gasteiger partial charge on any atom is -0.423 e. The second kappa shape index (κ2) is 7.47. The van der Waals surface area contributed by atoms with Crippen molar-refractivity contribution >= 4 is 5.97 Å². The van der Waals surface area contributed by atoms with E-state index in [2.05, 4.69) is 18.0 Å². The van der Waals surface area contributed by atoms with Crippen molar-refractivity contribution in [3.63, 3.8) is 0 Å². The molecule has 5 nitrogen and oxygen atoms in total. The summed E-state index contributed by atoms with van der Waals surface area (Å²) in [7, 11) is 0. The van der Waals surface area contributed by atoms with Gasteiger partial charge in [0.05, 0.1) is 17.4 Å². The van der Waals surface area contributed by atoms with Crippen LogP contribution in [0.1, 0.15) is 72.1 Å². The minimum absolute atomic E-state index is 0.0988. The molecule has 3 aliphatic rings. The van der Waals surface area contributed by atoms with Gasteiger partial charge in [0.2, 0.25) is 0 Å². The summed E-state index contributed by atoms with van der Waals surface area (Å²) in [4.78, 5) is 16.7. The van der Waals surface area contributed by atoms with Crippen molar-refractivity contribution in [1.82, 2.24) is 4.98 Å². The number of carbonyl (C=O) groups excluding carboxylic acids is 1. The first-order chi connectivity index (χ1) is 14.5. The van der Waals surface area contributed by atoms with Crippen LogP contribution in [0, 0.1) is 17.3 Å². The zero-order chi connectivity index (χ0) is 20.9. The molecular formula is C25H30N2O3. The Bertz CT molecular complexity index is 957. The molecule has 3 N–H and O–H groups in total. The number of nitrogens with two attached hydrogens (primary N) is 1. The predicted molar refractivity (Wildman–Crippen MR) is 114 cm³/mol. The lowest BCUT2D eigenvalue weighted by Gasteiger charge is -2.50. The highest BCUT2D eigenvalue weighted by molar-refractivity contribution is 5.90. The number of hydrogen-bond donors (Lipinski definition) is 2. The number of ether oxygens (including phenoxy) is 1. The molecule has 0 amide bonds. The molecule has 0 radical (unpaired) electrons. The zero-order valence-electron chi connectivity index (χ0n) is 17.5. The van der Waals surface area contributed by atoms with Gasteiger partial charge >= 0.3 is 5.97 Å². The maximum Gasteiger partial charge on any atom is 0.345 e. The Kier molecular flexibility index (Phi) is 4.91. The van der Waals surface area contributed by atoms with E-state index in [4.69, 9.17) is 10.5 Å². The first-order valence-electron chi connectivity index (χ1n) is 11.2. The maximum atomic E-state index is 12.5. The van der Waals surface area contributed by atoms with Crippen molar-refractivity contribution in [3.05, 3.63) is 58.9 Å². The molecule has 0 saturated heterocycles. The number of pyridine rings is 1. The van der Waals surface area contributed by atoms with Crippen LogP contribution in [-0.2, 0) is 13.0 Å². The van der Waals surface area contributed by atoms with Crippen LogP contribution in [0.4, 0.5) is 0 Å². The minimum atomic E-state index is -0.395. The van der Waals surface area contributed by atoms with Crippen molar-refractivity contribution in [3.8, 4) is 5.75 Å². The van der Waals surface area contributed by atoms with Gasteiger partial charge in [0, 0.05) is 12.7 Å². The number of fused-ring (bicyclic) bond motifs is 5. The lowest BCUT2D eigenvalue weighted by atomic mass is 9.55. The highest BCUT2D eigenvalue weighted by atomic mass is 16.5. The van der Waals surface area contributed by atoms with Gasteiger partial charge in [-0.15, -0.1) is 0 Å². The second-order valence-electron chi connectivity index (χ2n) is 9.55. The average molecular weight is 407 g/mol. The molecule has 30 heavy (non-hydrogen) atoms. The smallest absolute Gasteiger partial charge is 0.345 e. The predicted octanol–water partition coefficient (Wildman–Crippen LogP) is 3.98. The molecule has 158 valence electrons. The Balaban J connectivity index is 1.34. The summed E-state index contributed by atoms with van der Waals surface area (Å²) in [6.45, 7) is 2.65. The maximum absolute atomic E-state index is 12.5. The van der Waals surface area contributed by atoms with Gasteiger partial charge in [0.25, 0.3) is 0 Å². The highest BCUT2D eigenvalue weighted by Gasteiger charge is 2.54. The van der Waals surface area contributed by atoms with Crippen molar-refractivity contribution in [2.24, 2.45) is 23.0 Å². The van der Waals surface area contributed by atoms with Crippen LogP contribution in [0.5, 0.6) is 5.75 Å². The standard InChI is InChI=1S/C25H30N2O3/c1-25-11-10-20-19-7-5-18(30-24(29)16-2-4-17(13-26)27-14-16)12-15(19)3-6-21(20)22(25)8-9-23(25)28/h2,4-5,7,12,14,20-23,28H,3,6,8-11,13,26H2,1H3/t20?,21?,22?,23-,25-/m0/s1. The Hall–Kier alpha value is -2.24. The van der Waals surface area contributed by atoms with Gasteiger partial charge in [0.15, 0.2) is 0 Å². The first-order valence-corrected chi connectivity index (χ1v) is 11.2. The topological polar surface area (TPSA) is 85.4 Å². The summed E-state index contributed by atoms with van der Waals surface area (Å²) in [6.07, 6.45) is 7.89. The second-order valence-corrected chi connectivity index (χ2v) is 9.55. The fraction of sp³-hybridized carbons (Fsp3) is 0.520. The molecule has 0 bridgehead atoms. The van der Waals surface area contributed by atoms with Gasteiger partial charge in [0.1, 0.15) is 5.75 Å². The number of rotatable bonds is 3. The summed E-state index contributed by atoms with van der Waals surface area (Å²) in [6, 6.07) is 9.59. The Labute approximate surface area is 177 Å². The Morgan fingerprint density at radius 3 is 2.87 bits per heavy atom. The molecule has 5 heteroatoms. The molecule has 3 unspecified atom stereocenters. The monoisotopic (exact) mass is 406 g/mol. The van der Waals surface area contributed by atoms with E-state index in [9.17, 15) is 9.90 Å². The van der Waals surface area contributed by atoms with Crippen LogP contribution < -0.4 is 10.5 Å². The van der Waals surface area contributed by atoms with E-state index in [1.54, 1.807) is 12.1 Å². The van der Waals surface area contributed by atoms with Crippen molar-refractivity contribution in [2.45, 2.75) is 64.0 Å². The van der Waals surface area contributed by atoms with Crippen LogP contribution in [-0.4, -0.2) is 22.2 Å². The van der Waals surface area contributed by atoms with Gasteiger partial charge in [-0.2, -0.15) is 0 Å². The third-order valence-electron chi connectivity index (χ3n) is 8.13. The van der Waals surface area contributed by atoms with Crippen LogP contribution in [0.25, 0.3) is 0 Å². The first kappa shape index (κ1) is 19.7. The number of nitrogens with zero attached hydrogens (tertiary/aromatic N) is 1. The molecule has 0 spiro atoms. The van der Waals surface area contributed by atoms with Crippen molar-refractivity contribution in [2.75, 3.05) is 0 Å². The lowest BCUT2D eigenvalue weighted by Crippen LogP contribution is -2.43. The number of esters is 1. The molecule has 2 saturated carbocycles. The van der Waals surface area contributed by atoms with Crippen LogP contribution in [0.3, 0.4) is 0 Å². The van der Waals surface area contributed by atoms with Gasteiger partial charge in [-0.25, -0.2) is 4.79 Å². The molecule has 2 aromatic rings. The number of aliphatic hydroxyl groups is 1. The average Bonchev–Trinajstić information content (AvgIpc) is 3.08. The van der Waals surface area contributed by atoms with E-state index in [0.717, 1.165) is 44.2 Å². The quantitative estimate of drug-likeness (QED) is 0.595. The fourth-order valence-electron chi connectivity index (χ4n) is 6.43. The Morgan fingerprint density at radius 2 is 2.10 bits per heavy atom. The zero-order valence-corrected chi connectivity index (χ0v) is 17.5. The summed E-state index contributed by atoms with van der Waals surface area (Å²) in [5, 5.41) is 10.6. The van der Waals surface area contributed by atoms with E-state index < -0.39 is 5.97 Å². The third kappa shape index (κ3) is 3.15. The van der Waals surface area contributed by atoms with E-state index in [1.807, 2.05) is 12.1 Å². The van der Waals surface area contributed by atoms with Crippen molar-refractivity contribution < 1.29 is 14.6 Å². The summed E-state index contributed by atoms with van der Waals surface area (Å²) in [5.41, 5.74) is 9.56. The largest absolute Gasteiger partial charge is 0.423 e. The van der Waals surface area contributed by atoms with Gasteiger partial charge in [-0.05, 0) is 97.1 Å². The molecule has 5 rings (SSSR count). The van der Waals surface area contributed by atoms with Crippen LogP contribution >= 0.6 is 0 Å². The van der Waals surface area contributed by atoms with Crippen LogP contribution in [0.15, 0.2) is 36.5 Å². The number of aryl methyl sites for hydroxylation is 1. The number of carbonyl (C=O) groups is 1. The number of benzene rings is 1. The molecule has 1 aromatic heterocycles. The Morgan fingerprint density at radius 1 is 1.23 bits per heavy atom. The molecule has 5 atom stereocenters. The SMILES string of the molecule is C[C@]12CCC3c4ccc(OC(=O)c5ccc(CN)nc5)cc4CCC3C1CC[C@@H]2O. The lowest BCUT2D eigenvalue weighted by molar-refractivity contribution is -0.0226. The molecular weight excluding hydrogens is 376 g/mol. The van der Waals surface area contributed by atoms with Crippen molar-refractivity contribution in [1.29, 1.82) is 0 Å². The number of hydrogen-bond acceptors (Lipinski definition) is 5. The molecule has 0 aliphatic heterocycles. The van der Waals surface area contributed by atoms with Gasteiger partial charge in [-0.3, -0.25) is 4.98 Å². The van der Waals surface area contributed by atoms with Gasteiger partial charge < -0.3 is 15.6 Å². The number of aliphatic hydroxyl groups excluding tert-OH is 1. The highest BCUT2D eigenvalue weighted by Crippen LogP contribution is 2.60. The van der Waals surface area contributed by atoms with E-state index in [1.165, 1.54) is 17.3 Å². The molecule has 1 aromatic carbocycles. The molecule has 2 fully saturated rings. The van der Waals surface area contributed by atoms with Crippen LogP contribution in [0.2, 0.25) is 0 Å². The normalized spacial score (nSPS) is 32.1.